The number of unbranched alkanes of at least 4 members (excludes halogenated alkanes) is 2. The van der Waals surface area contributed by atoms with Crippen molar-refractivity contribution in [2.45, 2.75) is 38.5 Å². The Morgan fingerprint density at radius 2 is 2.18 bits per heavy atom. The van der Waals surface area contributed by atoms with Crippen LogP contribution in [0.1, 0.15) is 38.5 Å². The van der Waals surface area contributed by atoms with Crippen LogP contribution in [0.2, 0.25) is 0 Å². The van der Waals surface area contributed by atoms with Crippen LogP contribution in [0, 0.1) is 18.3 Å². The predicted octanol–water partition coefficient (Wildman–Crippen LogP) is 1.50. The zero-order chi connectivity index (χ0) is 12.7. The van der Waals surface area contributed by atoms with Crippen molar-refractivity contribution in [2.24, 2.45) is 5.92 Å². The molecule has 0 unspecified atom stereocenters. The summed E-state index contributed by atoms with van der Waals surface area (Å²) in [6.45, 7) is 1.06. The first-order valence-electron chi connectivity index (χ1n) is 6.09. The van der Waals surface area contributed by atoms with Gasteiger partial charge in [-0.05, 0) is 25.7 Å². The molecule has 1 amide bonds. The number of amides is 1. The van der Waals surface area contributed by atoms with Gasteiger partial charge in [-0.1, -0.05) is 0 Å². The van der Waals surface area contributed by atoms with Crippen LogP contribution >= 0.6 is 0 Å². The molecule has 1 N–H and O–H groups in total. The van der Waals surface area contributed by atoms with Gasteiger partial charge in [0.05, 0.1) is 5.92 Å². The van der Waals surface area contributed by atoms with E-state index in [1.165, 1.54) is 0 Å². The molecule has 0 aromatic carbocycles. The fraction of sp³-hybridized carbons (Fsp3) is 0.692. The molecule has 0 aliphatic carbocycles. The van der Waals surface area contributed by atoms with Gasteiger partial charge in [0.15, 0.2) is 0 Å². The van der Waals surface area contributed by atoms with E-state index in [9.17, 15) is 9.59 Å². The lowest BCUT2D eigenvalue weighted by atomic mass is 9.98. The van der Waals surface area contributed by atoms with Crippen molar-refractivity contribution in [3.63, 3.8) is 0 Å². The number of rotatable bonds is 5. The highest BCUT2D eigenvalue weighted by Gasteiger charge is 2.27. The SMILES string of the molecule is C#CCCCCC(=O)N1CCC[C@@H](C(=O)O)C1. The summed E-state index contributed by atoms with van der Waals surface area (Å²) >= 11 is 0. The molecule has 94 valence electrons. The van der Waals surface area contributed by atoms with Gasteiger partial charge in [-0.3, -0.25) is 9.59 Å². The standard InChI is InChI=1S/C13H19NO3/c1-2-3-4-5-8-12(15)14-9-6-7-11(10-14)13(16)17/h1,11H,3-10H2,(H,16,17)/t11-/m1/s1. The van der Waals surface area contributed by atoms with Crippen molar-refractivity contribution in [3.8, 4) is 12.3 Å². The summed E-state index contributed by atoms with van der Waals surface area (Å²) in [4.78, 5) is 24.4. The number of terminal acetylenes is 1. The van der Waals surface area contributed by atoms with Gasteiger partial charge in [0.25, 0.3) is 0 Å². The van der Waals surface area contributed by atoms with Crippen LogP contribution in [0.15, 0.2) is 0 Å². The summed E-state index contributed by atoms with van der Waals surface area (Å²) in [5.41, 5.74) is 0. The minimum atomic E-state index is -0.796. The summed E-state index contributed by atoms with van der Waals surface area (Å²) in [5, 5.41) is 8.92. The minimum absolute atomic E-state index is 0.0629. The highest BCUT2D eigenvalue weighted by Crippen LogP contribution is 2.17. The minimum Gasteiger partial charge on any atom is -0.481 e. The van der Waals surface area contributed by atoms with Crippen LogP contribution in [0.5, 0.6) is 0 Å². The van der Waals surface area contributed by atoms with Gasteiger partial charge in [-0.15, -0.1) is 12.3 Å². The van der Waals surface area contributed by atoms with E-state index in [4.69, 9.17) is 11.5 Å². The largest absolute Gasteiger partial charge is 0.481 e. The van der Waals surface area contributed by atoms with E-state index in [0.717, 1.165) is 19.3 Å². The summed E-state index contributed by atoms with van der Waals surface area (Å²) in [6.07, 6.45) is 9.42. The number of likely N-dealkylation sites (tertiary alicyclic amines) is 1. The number of carbonyl (C=O) groups excluding carboxylic acids is 1. The molecule has 1 heterocycles. The molecule has 17 heavy (non-hydrogen) atoms. The third-order valence-corrected chi connectivity index (χ3v) is 3.09. The Morgan fingerprint density at radius 1 is 1.41 bits per heavy atom. The Balaban J connectivity index is 2.31. The molecule has 1 fully saturated rings. The van der Waals surface area contributed by atoms with Crippen molar-refractivity contribution < 1.29 is 14.7 Å². The smallest absolute Gasteiger partial charge is 0.308 e. The maximum absolute atomic E-state index is 11.8. The highest BCUT2D eigenvalue weighted by molar-refractivity contribution is 5.78. The van der Waals surface area contributed by atoms with Crippen LogP contribution in [0.25, 0.3) is 0 Å². The second kappa shape index (κ2) is 6.95. The lowest BCUT2D eigenvalue weighted by Crippen LogP contribution is -2.42. The molecule has 4 nitrogen and oxygen atoms in total. The van der Waals surface area contributed by atoms with E-state index in [2.05, 4.69) is 5.92 Å². The Morgan fingerprint density at radius 3 is 2.82 bits per heavy atom. The average molecular weight is 237 g/mol. The fourth-order valence-electron chi connectivity index (χ4n) is 2.07. The molecule has 1 atom stereocenters. The molecule has 0 aromatic heterocycles. The Kier molecular flexibility index (Phi) is 5.55. The second-order valence-corrected chi connectivity index (χ2v) is 4.43. The number of piperidine rings is 1. The Bertz CT molecular complexity index is 319. The lowest BCUT2D eigenvalue weighted by molar-refractivity contribution is -0.145. The summed E-state index contributed by atoms with van der Waals surface area (Å²) in [7, 11) is 0. The van der Waals surface area contributed by atoms with E-state index in [0.29, 0.717) is 32.4 Å². The van der Waals surface area contributed by atoms with Gasteiger partial charge in [-0.2, -0.15) is 0 Å². The molecule has 0 radical (unpaired) electrons. The van der Waals surface area contributed by atoms with Crippen LogP contribution < -0.4 is 0 Å². The van der Waals surface area contributed by atoms with Crippen LogP contribution in [-0.2, 0) is 9.59 Å². The van der Waals surface area contributed by atoms with Gasteiger partial charge in [0, 0.05) is 25.9 Å². The zero-order valence-electron chi connectivity index (χ0n) is 10.0. The first-order chi connectivity index (χ1) is 8.15. The van der Waals surface area contributed by atoms with Crippen LogP contribution in [0.4, 0.5) is 0 Å². The third-order valence-electron chi connectivity index (χ3n) is 3.09. The molecule has 4 heteroatoms. The maximum Gasteiger partial charge on any atom is 0.308 e. The van der Waals surface area contributed by atoms with Crippen molar-refractivity contribution in [1.29, 1.82) is 0 Å². The van der Waals surface area contributed by atoms with Gasteiger partial charge < -0.3 is 10.0 Å². The van der Waals surface area contributed by atoms with E-state index < -0.39 is 11.9 Å². The number of carbonyl (C=O) groups is 2. The van der Waals surface area contributed by atoms with Gasteiger partial charge in [-0.25, -0.2) is 0 Å². The fourth-order valence-corrected chi connectivity index (χ4v) is 2.07. The molecule has 1 saturated heterocycles. The molecule has 1 aliphatic heterocycles. The van der Waals surface area contributed by atoms with Gasteiger partial charge in [0.1, 0.15) is 0 Å². The van der Waals surface area contributed by atoms with E-state index >= 15 is 0 Å². The summed E-state index contributed by atoms with van der Waals surface area (Å²) in [6, 6.07) is 0. The zero-order valence-corrected chi connectivity index (χ0v) is 10.0. The molecule has 1 rings (SSSR count). The number of nitrogens with zero attached hydrogens (tertiary/aromatic N) is 1. The van der Waals surface area contributed by atoms with E-state index in [1.54, 1.807) is 4.90 Å². The number of aliphatic carboxylic acids is 1. The predicted molar refractivity (Wildman–Crippen MR) is 64.2 cm³/mol. The summed E-state index contributed by atoms with van der Waals surface area (Å²) < 4.78 is 0. The van der Waals surface area contributed by atoms with Crippen molar-refractivity contribution >= 4 is 11.9 Å². The quantitative estimate of drug-likeness (QED) is 0.582. The lowest BCUT2D eigenvalue weighted by Gasteiger charge is -2.30. The van der Waals surface area contributed by atoms with Crippen molar-refractivity contribution in [3.05, 3.63) is 0 Å². The number of carboxylic acid groups (broad SMARTS) is 1. The van der Waals surface area contributed by atoms with Crippen molar-refractivity contribution in [2.75, 3.05) is 13.1 Å². The second-order valence-electron chi connectivity index (χ2n) is 4.43. The van der Waals surface area contributed by atoms with E-state index in [-0.39, 0.29) is 5.91 Å². The number of hydrogen-bond acceptors (Lipinski definition) is 2. The van der Waals surface area contributed by atoms with Gasteiger partial charge >= 0.3 is 5.97 Å². The Hall–Kier alpha value is -1.50. The third kappa shape index (κ3) is 4.48. The number of carboxylic acids is 1. The molecule has 0 spiro atoms. The van der Waals surface area contributed by atoms with Crippen LogP contribution in [-0.4, -0.2) is 35.0 Å². The van der Waals surface area contributed by atoms with Gasteiger partial charge in [0.2, 0.25) is 5.91 Å². The normalized spacial score (nSPS) is 19.7. The molecule has 0 bridgehead atoms. The molecule has 1 aliphatic rings. The molecule has 0 aromatic rings. The molecular formula is C13H19NO3. The monoisotopic (exact) mass is 237 g/mol. The Labute approximate surface area is 102 Å². The van der Waals surface area contributed by atoms with Crippen LogP contribution in [0.3, 0.4) is 0 Å². The topological polar surface area (TPSA) is 57.6 Å². The molecular weight excluding hydrogens is 218 g/mol. The average Bonchev–Trinajstić information content (AvgIpc) is 2.34. The maximum atomic E-state index is 11.8. The highest BCUT2D eigenvalue weighted by atomic mass is 16.4. The number of hydrogen-bond donors (Lipinski definition) is 1. The van der Waals surface area contributed by atoms with Crippen molar-refractivity contribution in [1.82, 2.24) is 4.90 Å². The first kappa shape index (κ1) is 13.6. The summed E-state index contributed by atoms with van der Waals surface area (Å²) in [5.74, 6) is 1.42. The molecule has 0 saturated carbocycles. The first-order valence-corrected chi connectivity index (χ1v) is 6.09. The van der Waals surface area contributed by atoms with E-state index in [1.807, 2.05) is 0 Å².